The van der Waals surface area contributed by atoms with Gasteiger partial charge in [0, 0.05) is 19.0 Å². The SMILES string of the molecule is Nc1ccccc1OCCC(=O)NCCC(=O)NC1CC1. The summed E-state index contributed by atoms with van der Waals surface area (Å²) in [5, 5.41) is 5.57. The van der Waals surface area contributed by atoms with Gasteiger partial charge < -0.3 is 21.1 Å². The molecule has 0 bridgehead atoms. The molecule has 1 saturated carbocycles. The summed E-state index contributed by atoms with van der Waals surface area (Å²) in [4.78, 5) is 23.0. The third kappa shape index (κ3) is 5.72. The number of rotatable bonds is 8. The molecule has 0 saturated heterocycles. The molecule has 4 N–H and O–H groups in total. The molecule has 2 rings (SSSR count). The number of ether oxygens (including phenoxy) is 1. The number of hydrogen-bond acceptors (Lipinski definition) is 4. The van der Waals surface area contributed by atoms with Crippen molar-refractivity contribution in [3.63, 3.8) is 0 Å². The molecular weight excluding hydrogens is 270 g/mol. The molecule has 0 heterocycles. The van der Waals surface area contributed by atoms with Crippen molar-refractivity contribution in [1.82, 2.24) is 10.6 Å². The fourth-order valence-electron chi connectivity index (χ4n) is 1.80. The van der Waals surface area contributed by atoms with E-state index < -0.39 is 0 Å². The summed E-state index contributed by atoms with van der Waals surface area (Å²) in [5.74, 6) is 0.434. The van der Waals surface area contributed by atoms with Gasteiger partial charge in [-0.25, -0.2) is 0 Å². The van der Waals surface area contributed by atoms with Crippen LogP contribution in [0, 0.1) is 0 Å². The fourth-order valence-corrected chi connectivity index (χ4v) is 1.80. The molecule has 1 aromatic rings. The zero-order valence-corrected chi connectivity index (χ0v) is 11.9. The molecule has 21 heavy (non-hydrogen) atoms. The Morgan fingerprint density at radius 2 is 1.95 bits per heavy atom. The van der Waals surface area contributed by atoms with Crippen molar-refractivity contribution < 1.29 is 14.3 Å². The second-order valence-corrected chi connectivity index (χ2v) is 5.08. The molecule has 0 aliphatic heterocycles. The van der Waals surface area contributed by atoms with E-state index in [2.05, 4.69) is 10.6 Å². The van der Waals surface area contributed by atoms with Crippen molar-refractivity contribution >= 4 is 17.5 Å². The highest BCUT2D eigenvalue weighted by Gasteiger charge is 2.22. The first-order valence-electron chi connectivity index (χ1n) is 7.18. The van der Waals surface area contributed by atoms with E-state index >= 15 is 0 Å². The van der Waals surface area contributed by atoms with Gasteiger partial charge in [-0.1, -0.05) is 12.1 Å². The van der Waals surface area contributed by atoms with Crippen molar-refractivity contribution in [3.05, 3.63) is 24.3 Å². The van der Waals surface area contributed by atoms with Crippen LogP contribution >= 0.6 is 0 Å². The zero-order valence-electron chi connectivity index (χ0n) is 11.9. The normalized spacial score (nSPS) is 13.5. The lowest BCUT2D eigenvalue weighted by molar-refractivity contribution is -0.122. The van der Waals surface area contributed by atoms with E-state index in [0.29, 0.717) is 30.4 Å². The number of para-hydroxylation sites is 2. The molecule has 1 aliphatic rings. The first-order valence-corrected chi connectivity index (χ1v) is 7.18. The molecule has 0 aromatic heterocycles. The van der Waals surface area contributed by atoms with E-state index in [1.165, 1.54) is 0 Å². The van der Waals surface area contributed by atoms with Crippen LogP contribution in [0.15, 0.2) is 24.3 Å². The van der Waals surface area contributed by atoms with Crippen LogP contribution in [0.1, 0.15) is 25.7 Å². The van der Waals surface area contributed by atoms with Crippen LogP contribution in [0.5, 0.6) is 5.75 Å². The van der Waals surface area contributed by atoms with E-state index in [-0.39, 0.29) is 24.8 Å². The summed E-state index contributed by atoms with van der Waals surface area (Å²) in [6.45, 7) is 0.610. The summed E-state index contributed by atoms with van der Waals surface area (Å²) in [6, 6.07) is 7.51. The van der Waals surface area contributed by atoms with Crippen LogP contribution in [-0.2, 0) is 9.59 Å². The van der Waals surface area contributed by atoms with Gasteiger partial charge in [0.05, 0.1) is 18.7 Å². The minimum Gasteiger partial charge on any atom is -0.491 e. The van der Waals surface area contributed by atoms with Gasteiger partial charge in [0.25, 0.3) is 0 Å². The quantitative estimate of drug-likeness (QED) is 0.618. The van der Waals surface area contributed by atoms with Gasteiger partial charge in [0.15, 0.2) is 0 Å². The molecule has 6 heteroatoms. The maximum absolute atomic E-state index is 11.6. The standard InChI is InChI=1S/C15H21N3O3/c16-12-3-1-2-4-13(12)21-10-8-14(19)17-9-7-15(20)18-11-5-6-11/h1-4,11H,5-10,16H2,(H,17,19)(H,18,20). The largest absolute Gasteiger partial charge is 0.491 e. The number of hydrogen-bond donors (Lipinski definition) is 3. The van der Waals surface area contributed by atoms with E-state index in [9.17, 15) is 9.59 Å². The van der Waals surface area contributed by atoms with Crippen molar-refractivity contribution in [2.45, 2.75) is 31.7 Å². The Morgan fingerprint density at radius 3 is 2.67 bits per heavy atom. The Balaban J connectivity index is 1.55. The highest BCUT2D eigenvalue weighted by atomic mass is 16.5. The van der Waals surface area contributed by atoms with Gasteiger partial charge >= 0.3 is 0 Å². The maximum Gasteiger partial charge on any atom is 0.223 e. The average molecular weight is 291 g/mol. The van der Waals surface area contributed by atoms with Gasteiger partial charge in [-0.15, -0.1) is 0 Å². The Morgan fingerprint density at radius 1 is 1.19 bits per heavy atom. The van der Waals surface area contributed by atoms with Crippen LogP contribution in [0.4, 0.5) is 5.69 Å². The molecule has 0 atom stereocenters. The van der Waals surface area contributed by atoms with Gasteiger partial charge in [-0.05, 0) is 25.0 Å². The van der Waals surface area contributed by atoms with Crippen LogP contribution in [0.3, 0.4) is 0 Å². The average Bonchev–Trinajstić information content (AvgIpc) is 3.25. The van der Waals surface area contributed by atoms with Crippen LogP contribution in [0.25, 0.3) is 0 Å². The zero-order chi connectivity index (χ0) is 15.1. The summed E-state index contributed by atoms with van der Waals surface area (Å²) >= 11 is 0. The number of benzene rings is 1. The first-order chi connectivity index (χ1) is 10.1. The van der Waals surface area contributed by atoms with Gasteiger partial charge in [0.1, 0.15) is 5.75 Å². The monoisotopic (exact) mass is 291 g/mol. The summed E-state index contributed by atoms with van der Waals surface area (Å²) < 4.78 is 5.43. The number of carbonyl (C=O) groups is 2. The molecule has 0 radical (unpaired) electrons. The van der Waals surface area contributed by atoms with Crippen molar-refractivity contribution in [2.75, 3.05) is 18.9 Å². The number of carbonyl (C=O) groups excluding carboxylic acids is 2. The number of nitrogens with one attached hydrogen (secondary N) is 2. The predicted molar refractivity (Wildman–Crippen MR) is 79.8 cm³/mol. The smallest absolute Gasteiger partial charge is 0.223 e. The van der Waals surface area contributed by atoms with Crippen molar-refractivity contribution in [3.8, 4) is 5.75 Å². The maximum atomic E-state index is 11.6. The summed E-state index contributed by atoms with van der Waals surface area (Å²) in [6.07, 6.45) is 2.68. The van der Waals surface area contributed by atoms with E-state index in [0.717, 1.165) is 12.8 Å². The second kappa shape index (κ2) is 7.52. The van der Waals surface area contributed by atoms with E-state index in [1.807, 2.05) is 12.1 Å². The Hall–Kier alpha value is -2.24. The fraction of sp³-hybridized carbons (Fsp3) is 0.467. The van der Waals surface area contributed by atoms with E-state index in [4.69, 9.17) is 10.5 Å². The van der Waals surface area contributed by atoms with E-state index in [1.54, 1.807) is 12.1 Å². The van der Waals surface area contributed by atoms with Crippen molar-refractivity contribution in [1.29, 1.82) is 0 Å². The summed E-state index contributed by atoms with van der Waals surface area (Å²) in [5.41, 5.74) is 6.28. The molecule has 0 spiro atoms. The third-order valence-electron chi connectivity index (χ3n) is 3.12. The minimum absolute atomic E-state index is 0.00823. The Kier molecular flexibility index (Phi) is 5.43. The van der Waals surface area contributed by atoms with Crippen LogP contribution < -0.4 is 21.1 Å². The molecule has 6 nitrogen and oxygen atoms in total. The molecule has 114 valence electrons. The topological polar surface area (TPSA) is 93.4 Å². The van der Waals surface area contributed by atoms with Crippen LogP contribution in [-0.4, -0.2) is 31.0 Å². The molecule has 0 unspecified atom stereocenters. The Labute approximate surface area is 124 Å². The molecule has 1 fully saturated rings. The molecule has 2 amide bonds. The molecular formula is C15H21N3O3. The number of anilines is 1. The number of nitrogen functional groups attached to an aromatic ring is 1. The lowest BCUT2D eigenvalue weighted by Crippen LogP contribution is -2.32. The summed E-state index contributed by atoms with van der Waals surface area (Å²) in [7, 11) is 0. The van der Waals surface area contributed by atoms with Gasteiger partial charge in [0.2, 0.25) is 11.8 Å². The minimum atomic E-state index is -0.135. The van der Waals surface area contributed by atoms with Crippen molar-refractivity contribution in [2.24, 2.45) is 0 Å². The molecule has 1 aromatic carbocycles. The third-order valence-corrected chi connectivity index (χ3v) is 3.12. The number of nitrogens with two attached hydrogens (primary N) is 1. The molecule has 1 aliphatic carbocycles. The lowest BCUT2D eigenvalue weighted by Gasteiger charge is -2.09. The number of amides is 2. The highest BCUT2D eigenvalue weighted by Crippen LogP contribution is 2.19. The highest BCUT2D eigenvalue weighted by molar-refractivity contribution is 5.79. The van der Waals surface area contributed by atoms with Gasteiger partial charge in [-0.3, -0.25) is 9.59 Å². The van der Waals surface area contributed by atoms with Gasteiger partial charge in [-0.2, -0.15) is 0 Å². The lowest BCUT2D eigenvalue weighted by atomic mass is 10.3. The second-order valence-electron chi connectivity index (χ2n) is 5.08. The predicted octanol–water partition coefficient (Wildman–Crippen LogP) is 0.823. The first kappa shape index (κ1) is 15.2. The Bertz CT molecular complexity index is 501. The van der Waals surface area contributed by atoms with Crippen LogP contribution in [0.2, 0.25) is 0 Å².